The molecule has 1 amide bonds. The number of carbonyl (C=O) groups is 1. The molecule has 0 aliphatic heterocycles. The topological polar surface area (TPSA) is 54.0 Å². The number of rotatable bonds is 5. The normalized spacial score (nSPS) is 10.2. The molecule has 2 aromatic rings. The van der Waals surface area contributed by atoms with Crippen LogP contribution in [0.4, 0.5) is 11.5 Å². The number of hydrogen-bond acceptors (Lipinski definition) is 3. The molecule has 2 N–H and O–H groups in total. The molecule has 2 rings (SSSR count). The average Bonchev–Trinajstić information content (AvgIpc) is 2.47. The Morgan fingerprint density at radius 2 is 2.10 bits per heavy atom. The summed E-state index contributed by atoms with van der Waals surface area (Å²) in [6, 6.07) is 10.7. The number of benzene rings is 1. The number of carbonyl (C=O) groups excluding carboxylic acids is 1. The zero-order valence-corrected chi connectivity index (χ0v) is 13.8. The zero-order valence-electron chi connectivity index (χ0n) is 11.5. The van der Waals surface area contributed by atoms with Crippen LogP contribution in [0.5, 0.6) is 0 Å². The average molecular weight is 369 g/mol. The molecule has 1 aromatic carbocycles. The van der Waals surface area contributed by atoms with Gasteiger partial charge in [0, 0.05) is 16.6 Å². The largest absolute Gasteiger partial charge is 0.370 e. The molecule has 1 heterocycles. The van der Waals surface area contributed by atoms with Crippen LogP contribution in [0.1, 0.15) is 23.7 Å². The van der Waals surface area contributed by atoms with Gasteiger partial charge in [-0.15, -0.1) is 0 Å². The molecule has 21 heavy (non-hydrogen) atoms. The van der Waals surface area contributed by atoms with E-state index in [0.29, 0.717) is 17.1 Å². The van der Waals surface area contributed by atoms with Crippen molar-refractivity contribution in [3.05, 3.63) is 51.6 Å². The smallest absolute Gasteiger partial charge is 0.255 e. The molecule has 0 fully saturated rings. The molecule has 0 bridgehead atoms. The lowest BCUT2D eigenvalue weighted by Crippen LogP contribution is -2.13. The lowest BCUT2D eigenvalue weighted by Gasteiger charge is -2.09. The summed E-state index contributed by atoms with van der Waals surface area (Å²) in [7, 11) is 0. The molecule has 0 saturated carbocycles. The number of hydrogen-bond donors (Lipinski definition) is 2. The van der Waals surface area contributed by atoms with Gasteiger partial charge in [0.25, 0.3) is 5.91 Å². The van der Waals surface area contributed by atoms with Crippen molar-refractivity contribution in [3.8, 4) is 0 Å². The number of halogens is 2. The minimum Gasteiger partial charge on any atom is -0.370 e. The number of nitrogens with one attached hydrogen (secondary N) is 2. The van der Waals surface area contributed by atoms with Crippen molar-refractivity contribution >= 4 is 44.9 Å². The molecule has 4 nitrogen and oxygen atoms in total. The van der Waals surface area contributed by atoms with Crippen molar-refractivity contribution in [1.29, 1.82) is 0 Å². The standard InChI is InChI=1S/C15H15BrClN3O/c1-2-7-18-14-9-10(8-13(17)20-14)15(21)19-12-6-4-3-5-11(12)16/h3-6,8-9H,2,7H2,1H3,(H,18,20)(H,19,21). The van der Waals surface area contributed by atoms with Crippen LogP contribution in [0, 0.1) is 0 Å². The molecule has 6 heteroatoms. The summed E-state index contributed by atoms with van der Waals surface area (Å²) in [5, 5.41) is 6.24. The van der Waals surface area contributed by atoms with Gasteiger partial charge in [0.2, 0.25) is 0 Å². The van der Waals surface area contributed by atoms with Gasteiger partial charge in [0.15, 0.2) is 0 Å². The van der Waals surface area contributed by atoms with Crippen LogP contribution in [0.25, 0.3) is 0 Å². The molecule has 0 aliphatic rings. The highest BCUT2D eigenvalue weighted by Gasteiger charge is 2.11. The van der Waals surface area contributed by atoms with Crippen molar-refractivity contribution in [2.75, 3.05) is 17.2 Å². The minimum absolute atomic E-state index is 0.231. The third-order valence-electron chi connectivity index (χ3n) is 2.73. The monoisotopic (exact) mass is 367 g/mol. The highest BCUT2D eigenvalue weighted by atomic mass is 79.9. The Labute approximate surface area is 137 Å². The summed E-state index contributed by atoms with van der Waals surface area (Å²) in [6.45, 7) is 2.83. The van der Waals surface area contributed by atoms with Crippen molar-refractivity contribution < 1.29 is 4.79 Å². The number of amides is 1. The highest BCUT2D eigenvalue weighted by Crippen LogP contribution is 2.23. The van der Waals surface area contributed by atoms with Crippen LogP contribution in [0.2, 0.25) is 5.15 Å². The van der Waals surface area contributed by atoms with Gasteiger partial charge in [-0.25, -0.2) is 4.98 Å². The fourth-order valence-corrected chi connectivity index (χ4v) is 2.32. The molecule has 110 valence electrons. The summed E-state index contributed by atoms with van der Waals surface area (Å²) in [4.78, 5) is 16.4. The summed E-state index contributed by atoms with van der Waals surface area (Å²) in [6.07, 6.45) is 0.965. The predicted octanol–water partition coefficient (Wildman–Crippen LogP) is 4.57. The van der Waals surface area contributed by atoms with E-state index < -0.39 is 0 Å². The van der Waals surface area contributed by atoms with Crippen LogP contribution in [0.15, 0.2) is 40.9 Å². The fraction of sp³-hybridized carbons (Fsp3) is 0.200. The van der Waals surface area contributed by atoms with Gasteiger partial charge in [0.1, 0.15) is 11.0 Å². The second-order valence-electron chi connectivity index (χ2n) is 4.42. The van der Waals surface area contributed by atoms with Gasteiger partial charge < -0.3 is 10.6 Å². The summed E-state index contributed by atoms with van der Waals surface area (Å²) < 4.78 is 0.822. The first-order chi connectivity index (χ1) is 10.1. The van der Waals surface area contributed by atoms with Gasteiger partial charge in [-0.05, 0) is 46.6 Å². The SMILES string of the molecule is CCCNc1cc(C(=O)Nc2ccccc2Br)cc(Cl)n1. The van der Waals surface area contributed by atoms with E-state index in [1.165, 1.54) is 0 Å². The van der Waals surface area contributed by atoms with Gasteiger partial charge in [-0.3, -0.25) is 4.79 Å². The molecule has 0 aliphatic carbocycles. The van der Waals surface area contributed by atoms with Crippen molar-refractivity contribution in [2.24, 2.45) is 0 Å². The number of nitrogens with zero attached hydrogens (tertiary/aromatic N) is 1. The van der Waals surface area contributed by atoms with Crippen molar-refractivity contribution in [1.82, 2.24) is 4.98 Å². The molecular weight excluding hydrogens is 354 g/mol. The Kier molecular flexibility index (Phi) is 5.59. The molecule has 0 saturated heterocycles. The van der Waals surface area contributed by atoms with Crippen molar-refractivity contribution in [2.45, 2.75) is 13.3 Å². The van der Waals surface area contributed by atoms with E-state index in [0.717, 1.165) is 17.4 Å². The van der Waals surface area contributed by atoms with E-state index in [9.17, 15) is 4.79 Å². The summed E-state index contributed by atoms with van der Waals surface area (Å²) >= 11 is 9.36. The van der Waals surface area contributed by atoms with Crippen LogP contribution in [0.3, 0.4) is 0 Å². The van der Waals surface area contributed by atoms with Gasteiger partial charge >= 0.3 is 0 Å². The Morgan fingerprint density at radius 3 is 2.81 bits per heavy atom. The second-order valence-corrected chi connectivity index (χ2v) is 5.67. The first kappa shape index (κ1) is 15.8. The van der Waals surface area contributed by atoms with Crippen LogP contribution in [-0.4, -0.2) is 17.4 Å². The Balaban J connectivity index is 2.19. The van der Waals surface area contributed by atoms with Gasteiger partial charge in [-0.2, -0.15) is 0 Å². The molecule has 0 atom stereocenters. The predicted molar refractivity (Wildman–Crippen MR) is 90.1 cm³/mol. The quantitative estimate of drug-likeness (QED) is 0.760. The maximum atomic E-state index is 12.3. The zero-order chi connectivity index (χ0) is 15.2. The highest BCUT2D eigenvalue weighted by molar-refractivity contribution is 9.10. The molecule has 0 unspecified atom stereocenters. The third kappa shape index (κ3) is 4.44. The third-order valence-corrected chi connectivity index (χ3v) is 3.62. The van der Waals surface area contributed by atoms with E-state index in [1.807, 2.05) is 24.3 Å². The molecule has 0 spiro atoms. The second kappa shape index (κ2) is 7.43. The van der Waals surface area contributed by atoms with Gasteiger partial charge in [0.05, 0.1) is 5.69 Å². The van der Waals surface area contributed by atoms with Crippen LogP contribution in [-0.2, 0) is 0 Å². The number of para-hydroxylation sites is 1. The number of pyridine rings is 1. The Hall–Kier alpha value is -1.59. The number of aromatic nitrogens is 1. The lowest BCUT2D eigenvalue weighted by molar-refractivity contribution is 0.102. The van der Waals surface area contributed by atoms with Crippen LogP contribution < -0.4 is 10.6 Å². The summed E-state index contributed by atoms with van der Waals surface area (Å²) in [5.41, 5.74) is 1.17. The minimum atomic E-state index is -0.231. The van der Waals surface area contributed by atoms with Crippen molar-refractivity contribution in [3.63, 3.8) is 0 Å². The van der Waals surface area contributed by atoms with E-state index in [2.05, 4.69) is 38.5 Å². The maximum Gasteiger partial charge on any atom is 0.255 e. The first-order valence-corrected chi connectivity index (χ1v) is 7.74. The Morgan fingerprint density at radius 1 is 1.33 bits per heavy atom. The Bertz CT molecular complexity index is 649. The van der Waals surface area contributed by atoms with Gasteiger partial charge in [-0.1, -0.05) is 30.7 Å². The lowest BCUT2D eigenvalue weighted by atomic mass is 10.2. The van der Waals surface area contributed by atoms with E-state index in [1.54, 1.807) is 12.1 Å². The molecular formula is C15H15BrClN3O. The summed E-state index contributed by atoms with van der Waals surface area (Å²) in [5.74, 6) is 0.368. The van der Waals surface area contributed by atoms with E-state index >= 15 is 0 Å². The first-order valence-electron chi connectivity index (χ1n) is 6.57. The number of anilines is 2. The molecule has 1 aromatic heterocycles. The fourth-order valence-electron chi connectivity index (χ4n) is 1.73. The molecule has 0 radical (unpaired) electrons. The van der Waals surface area contributed by atoms with E-state index in [-0.39, 0.29) is 11.1 Å². The van der Waals surface area contributed by atoms with Crippen LogP contribution >= 0.6 is 27.5 Å². The van der Waals surface area contributed by atoms with E-state index in [4.69, 9.17) is 11.6 Å². The maximum absolute atomic E-state index is 12.3.